The van der Waals surface area contributed by atoms with Gasteiger partial charge in [0.05, 0.1) is 23.2 Å². The molecule has 0 unspecified atom stereocenters. The van der Waals surface area contributed by atoms with Crippen LogP contribution >= 0.6 is 0 Å². The summed E-state index contributed by atoms with van der Waals surface area (Å²) in [7, 11) is 0. The Balaban J connectivity index is 1.59. The Labute approximate surface area is 146 Å². The molecule has 1 aliphatic heterocycles. The van der Waals surface area contributed by atoms with Crippen LogP contribution in [0.4, 0.5) is 0 Å². The molecule has 0 N–H and O–H groups in total. The lowest BCUT2D eigenvalue weighted by Crippen LogP contribution is -2.48. The molecule has 2 aromatic carbocycles. The molecular formula is C20H21N3O2. The van der Waals surface area contributed by atoms with E-state index in [0.717, 1.165) is 16.7 Å². The van der Waals surface area contributed by atoms with Gasteiger partial charge in [0.25, 0.3) is 5.91 Å². The number of rotatable bonds is 2. The summed E-state index contributed by atoms with van der Waals surface area (Å²) < 4.78 is 7.74. The van der Waals surface area contributed by atoms with E-state index in [2.05, 4.69) is 4.98 Å². The lowest BCUT2D eigenvalue weighted by molar-refractivity contribution is -0.0586. The third-order valence-corrected chi connectivity index (χ3v) is 4.55. The number of amides is 1. The summed E-state index contributed by atoms with van der Waals surface area (Å²) in [4.78, 5) is 19.0. The molecule has 5 nitrogen and oxygen atoms in total. The van der Waals surface area contributed by atoms with Crippen molar-refractivity contribution in [3.05, 3.63) is 60.4 Å². The van der Waals surface area contributed by atoms with Crippen molar-refractivity contribution < 1.29 is 9.53 Å². The lowest BCUT2D eigenvalue weighted by Gasteiger charge is -2.35. The van der Waals surface area contributed by atoms with Crippen LogP contribution in [-0.2, 0) is 4.74 Å². The van der Waals surface area contributed by atoms with Crippen LogP contribution in [0.3, 0.4) is 0 Å². The minimum Gasteiger partial charge on any atom is -0.372 e. The molecule has 1 amide bonds. The Morgan fingerprint density at radius 1 is 1.04 bits per heavy atom. The number of ether oxygens (including phenoxy) is 1. The minimum atomic E-state index is 0.0593. The fourth-order valence-corrected chi connectivity index (χ4v) is 3.46. The van der Waals surface area contributed by atoms with Crippen LogP contribution in [0.1, 0.15) is 24.2 Å². The van der Waals surface area contributed by atoms with Gasteiger partial charge in [-0.2, -0.15) is 0 Å². The highest BCUT2D eigenvalue weighted by atomic mass is 16.5. The molecule has 0 saturated carbocycles. The number of hydrogen-bond acceptors (Lipinski definition) is 3. The topological polar surface area (TPSA) is 47.4 Å². The maximum absolute atomic E-state index is 12.8. The summed E-state index contributed by atoms with van der Waals surface area (Å²) in [6.45, 7) is 5.28. The maximum atomic E-state index is 12.8. The molecule has 0 radical (unpaired) electrons. The number of carbonyl (C=O) groups excluding carboxylic acids is 1. The predicted octanol–water partition coefficient (Wildman–Crippen LogP) is 3.27. The quantitative estimate of drug-likeness (QED) is 0.722. The molecular weight excluding hydrogens is 314 g/mol. The summed E-state index contributed by atoms with van der Waals surface area (Å²) in [5.74, 6) is 0.0593. The molecule has 1 aromatic heterocycles. The van der Waals surface area contributed by atoms with Gasteiger partial charge < -0.3 is 9.64 Å². The number of fused-ring (bicyclic) bond motifs is 1. The number of para-hydroxylation sites is 2. The second-order valence-corrected chi connectivity index (χ2v) is 6.62. The molecule has 4 rings (SSSR count). The van der Waals surface area contributed by atoms with Crippen LogP contribution in [0.25, 0.3) is 16.7 Å². The molecule has 0 bridgehead atoms. The Kier molecular flexibility index (Phi) is 4.01. The average molecular weight is 335 g/mol. The number of imidazole rings is 1. The number of morpholine rings is 1. The molecule has 3 aromatic rings. The molecule has 25 heavy (non-hydrogen) atoms. The van der Waals surface area contributed by atoms with Crippen molar-refractivity contribution in [2.75, 3.05) is 13.1 Å². The molecule has 1 saturated heterocycles. The van der Waals surface area contributed by atoms with E-state index < -0.39 is 0 Å². The van der Waals surface area contributed by atoms with Crippen LogP contribution in [0.5, 0.6) is 0 Å². The van der Waals surface area contributed by atoms with Crippen molar-refractivity contribution in [1.82, 2.24) is 14.5 Å². The van der Waals surface area contributed by atoms with Crippen LogP contribution in [-0.4, -0.2) is 45.7 Å². The number of hydrogen-bond donors (Lipinski definition) is 0. The molecule has 2 heterocycles. The minimum absolute atomic E-state index is 0.0593. The van der Waals surface area contributed by atoms with E-state index in [1.807, 2.05) is 78.2 Å². The van der Waals surface area contributed by atoms with E-state index in [0.29, 0.717) is 18.7 Å². The first-order valence-electron chi connectivity index (χ1n) is 8.59. The number of aromatic nitrogens is 2. The lowest BCUT2D eigenvalue weighted by atomic mass is 10.1. The van der Waals surface area contributed by atoms with Gasteiger partial charge >= 0.3 is 0 Å². The van der Waals surface area contributed by atoms with E-state index in [4.69, 9.17) is 4.74 Å². The molecule has 128 valence electrons. The SMILES string of the molecule is C[C@@H]1CN(C(=O)c2ccc(-n3cnc4ccccc43)cc2)C[C@H](C)O1. The second kappa shape index (κ2) is 6.33. The highest BCUT2D eigenvalue weighted by Crippen LogP contribution is 2.20. The number of nitrogens with zero attached hydrogens (tertiary/aromatic N) is 3. The molecule has 1 aliphatic rings. The summed E-state index contributed by atoms with van der Waals surface area (Å²) >= 11 is 0. The molecule has 2 atom stereocenters. The van der Waals surface area contributed by atoms with Crippen molar-refractivity contribution in [3.63, 3.8) is 0 Å². The van der Waals surface area contributed by atoms with Gasteiger partial charge in [-0.15, -0.1) is 0 Å². The van der Waals surface area contributed by atoms with Gasteiger partial charge in [0.15, 0.2) is 0 Å². The van der Waals surface area contributed by atoms with E-state index in [1.54, 1.807) is 0 Å². The number of carbonyl (C=O) groups is 1. The zero-order valence-corrected chi connectivity index (χ0v) is 14.4. The van der Waals surface area contributed by atoms with Gasteiger partial charge in [0, 0.05) is 24.3 Å². The Hall–Kier alpha value is -2.66. The van der Waals surface area contributed by atoms with Gasteiger partial charge in [0.2, 0.25) is 0 Å². The summed E-state index contributed by atoms with van der Waals surface area (Å²) in [5.41, 5.74) is 3.71. The van der Waals surface area contributed by atoms with Crippen LogP contribution in [0.15, 0.2) is 54.9 Å². The van der Waals surface area contributed by atoms with Crippen LogP contribution in [0.2, 0.25) is 0 Å². The van der Waals surface area contributed by atoms with Crippen molar-refractivity contribution >= 4 is 16.9 Å². The Morgan fingerprint density at radius 2 is 1.72 bits per heavy atom. The third kappa shape index (κ3) is 3.03. The van der Waals surface area contributed by atoms with Gasteiger partial charge in [-0.3, -0.25) is 9.36 Å². The molecule has 0 spiro atoms. The zero-order valence-electron chi connectivity index (χ0n) is 14.4. The average Bonchev–Trinajstić information content (AvgIpc) is 3.04. The van der Waals surface area contributed by atoms with Gasteiger partial charge in [-0.05, 0) is 50.2 Å². The van der Waals surface area contributed by atoms with E-state index in [1.165, 1.54) is 0 Å². The molecule has 0 aliphatic carbocycles. The highest BCUT2D eigenvalue weighted by Gasteiger charge is 2.26. The van der Waals surface area contributed by atoms with E-state index >= 15 is 0 Å². The fraction of sp³-hybridized carbons (Fsp3) is 0.300. The van der Waals surface area contributed by atoms with E-state index in [-0.39, 0.29) is 18.1 Å². The van der Waals surface area contributed by atoms with Crippen molar-refractivity contribution in [2.24, 2.45) is 0 Å². The molecule has 5 heteroatoms. The Morgan fingerprint density at radius 3 is 2.44 bits per heavy atom. The van der Waals surface area contributed by atoms with Crippen molar-refractivity contribution in [1.29, 1.82) is 0 Å². The van der Waals surface area contributed by atoms with Crippen LogP contribution in [0, 0.1) is 0 Å². The van der Waals surface area contributed by atoms with Gasteiger partial charge in [-0.25, -0.2) is 4.98 Å². The first-order valence-corrected chi connectivity index (χ1v) is 8.59. The second-order valence-electron chi connectivity index (χ2n) is 6.62. The molecule has 1 fully saturated rings. The van der Waals surface area contributed by atoms with Gasteiger partial charge in [-0.1, -0.05) is 12.1 Å². The normalized spacial score (nSPS) is 20.8. The summed E-state index contributed by atoms with van der Waals surface area (Å²) in [5, 5.41) is 0. The van der Waals surface area contributed by atoms with Crippen LogP contribution < -0.4 is 0 Å². The Bertz CT molecular complexity index is 891. The standard InChI is InChI=1S/C20H21N3O2/c1-14-11-22(12-15(2)25-14)20(24)16-7-9-17(10-8-16)23-13-21-18-5-3-4-6-19(18)23/h3-10,13-15H,11-12H2,1-2H3/t14-,15+. The highest BCUT2D eigenvalue weighted by molar-refractivity contribution is 5.94. The smallest absolute Gasteiger partial charge is 0.254 e. The monoisotopic (exact) mass is 335 g/mol. The van der Waals surface area contributed by atoms with Crippen molar-refractivity contribution in [2.45, 2.75) is 26.1 Å². The van der Waals surface area contributed by atoms with Crippen molar-refractivity contribution in [3.8, 4) is 5.69 Å². The maximum Gasteiger partial charge on any atom is 0.254 e. The first kappa shape index (κ1) is 15.8. The predicted molar refractivity (Wildman–Crippen MR) is 97.0 cm³/mol. The zero-order chi connectivity index (χ0) is 17.4. The van der Waals surface area contributed by atoms with Gasteiger partial charge in [0.1, 0.15) is 6.33 Å². The third-order valence-electron chi connectivity index (χ3n) is 4.55. The first-order chi connectivity index (χ1) is 12.1. The number of benzene rings is 2. The largest absolute Gasteiger partial charge is 0.372 e. The fourth-order valence-electron chi connectivity index (χ4n) is 3.46. The van der Waals surface area contributed by atoms with E-state index in [9.17, 15) is 4.79 Å². The summed E-state index contributed by atoms with van der Waals surface area (Å²) in [6, 6.07) is 15.7. The summed E-state index contributed by atoms with van der Waals surface area (Å²) in [6.07, 6.45) is 1.96.